The summed E-state index contributed by atoms with van der Waals surface area (Å²) in [5.41, 5.74) is 0.237. The summed E-state index contributed by atoms with van der Waals surface area (Å²) in [4.78, 5) is 11.2. The Kier molecular flexibility index (Phi) is 4.67. The van der Waals surface area contributed by atoms with Crippen LogP contribution >= 0.6 is 15.9 Å². The first-order valence-corrected chi connectivity index (χ1v) is 5.12. The van der Waals surface area contributed by atoms with E-state index in [4.69, 9.17) is 4.74 Å². The molecular weight excluding hydrogens is 286 g/mol. The van der Waals surface area contributed by atoms with Crippen molar-refractivity contribution in [2.75, 3.05) is 13.7 Å². The molecule has 0 amide bonds. The van der Waals surface area contributed by atoms with Crippen molar-refractivity contribution in [3.05, 3.63) is 28.2 Å². The Labute approximate surface area is 99.5 Å². The normalized spacial score (nSPS) is 10.3. The lowest BCUT2D eigenvalue weighted by Crippen LogP contribution is -2.08. The molecule has 0 spiro atoms. The van der Waals surface area contributed by atoms with Crippen molar-refractivity contribution >= 4 is 21.9 Å². The Morgan fingerprint density at radius 1 is 1.44 bits per heavy atom. The minimum Gasteiger partial charge on any atom is -0.488 e. The van der Waals surface area contributed by atoms with Crippen LogP contribution in [0, 0.1) is 0 Å². The Morgan fingerprint density at radius 2 is 2.12 bits per heavy atom. The third-order valence-corrected chi connectivity index (χ3v) is 2.13. The molecule has 0 fully saturated rings. The number of hydrogen-bond donors (Lipinski definition) is 0. The number of carbonyl (C=O) groups excluding carboxylic acids is 1. The largest absolute Gasteiger partial charge is 0.488 e. The molecule has 16 heavy (non-hydrogen) atoms. The van der Waals surface area contributed by atoms with E-state index in [0.29, 0.717) is 4.47 Å². The van der Waals surface area contributed by atoms with E-state index in [1.54, 1.807) is 0 Å². The Balaban J connectivity index is 2.85. The molecule has 0 aliphatic heterocycles. The molecule has 0 unspecified atom stereocenters. The summed E-state index contributed by atoms with van der Waals surface area (Å²) >= 11 is 3.14. The van der Waals surface area contributed by atoms with Gasteiger partial charge in [-0.3, -0.25) is 0 Å². The second kappa shape index (κ2) is 5.79. The molecule has 88 valence electrons. The molecule has 0 bridgehead atoms. The van der Waals surface area contributed by atoms with E-state index in [-0.39, 0.29) is 11.3 Å². The highest BCUT2D eigenvalue weighted by Crippen LogP contribution is 2.22. The summed E-state index contributed by atoms with van der Waals surface area (Å²) in [5, 5.41) is 0. The van der Waals surface area contributed by atoms with E-state index in [1.807, 2.05) is 0 Å². The zero-order chi connectivity index (χ0) is 12.1. The van der Waals surface area contributed by atoms with Crippen LogP contribution in [0.3, 0.4) is 0 Å². The lowest BCUT2D eigenvalue weighted by Gasteiger charge is -2.07. The van der Waals surface area contributed by atoms with Crippen molar-refractivity contribution in [3.63, 3.8) is 0 Å². The second-order valence-electron chi connectivity index (χ2n) is 2.87. The predicted molar refractivity (Wildman–Crippen MR) is 57.0 cm³/mol. The topological polar surface area (TPSA) is 35.5 Å². The number of methoxy groups -OCH3 is 1. The van der Waals surface area contributed by atoms with E-state index in [9.17, 15) is 13.6 Å². The average molecular weight is 295 g/mol. The van der Waals surface area contributed by atoms with Crippen molar-refractivity contribution in [1.29, 1.82) is 0 Å². The van der Waals surface area contributed by atoms with Gasteiger partial charge in [-0.2, -0.15) is 0 Å². The highest BCUT2D eigenvalue weighted by atomic mass is 79.9. The molecule has 0 saturated carbocycles. The summed E-state index contributed by atoms with van der Waals surface area (Å²) in [5.74, 6) is -0.363. The van der Waals surface area contributed by atoms with Crippen LogP contribution in [0.25, 0.3) is 0 Å². The minimum atomic E-state index is -2.56. The van der Waals surface area contributed by atoms with Crippen molar-refractivity contribution < 1.29 is 23.0 Å². The summed E-state index contributed by atoms with van der Waals surface area (Å²) in [7, 11) is 1.24. The first kappa shape index (κ1) is 12.9. The molecule has 0 aromatic heterocycles. The molecule has 1 aromatic carbocycles. The van der Waals surface area contributed by atoms with Gasteiger partial charge in [0.25, 0.3) is 6.43 Å². The number of benzene rings is 1. The fourth-order valence-corrected chi connectivity index (χ4v) is 1.51. The van der Waals surface area contributed by atoms with Gasteiger partial charge in [0.1, 0.15) is 12.4 Å². The van der Waals surface area contributed by atoms with Gasteiger partial charge in [-0.1, -0.05) is 15.9 Å². The maximum absolute atomic E-state index is 11.9. The summed E-state index contributed by atoms with van der Waals surface area (Å²) in [6.45, 7) is -0.711. The summed E-state index contributed by atoms with van der Waals surface area (Å²) in [6.07, 6.45) is -2.56. The lowest BCUT2D eigenvalue weighted by atomic mass is 10.2. The highest BCUT2D eigenvalue weighted by molar-refractivity contribution is 9.10. The molecular formula is C10H9BrF2O3. The first-order chi connectivity index (χ1) is 7.52. The van der Waals surface area contributed by atoms with Gasteiger partial charge in [0.15, 0.2) is 0 Å². The molecule has 3 nitrogen and oxygen atoms in total. The van der Waals surface area contributed by atoms with Gasteiger partial charge in [0.05, 0.1) is 12.7 Å². The maximum Gasteiger partial charge on any atom is 0.338 e. The van der Waals surface area contributed by atoms with Gasteiger partial charge in [-0.15, -0.1) is 0 Å². The van der Waals surface area contributed by atoms with Crippen LogP contribution in [0.4, 0.5) is 8.78 Å². The zero-order valence-electron chi connectivity index (χ0n) is 8.38. The van der Waals surface area contributed by atoms with Crippen LogP contribution in [0.1, 0.15) is 10.4 Å². The van der Waals surface area contributed by atoms with Gasteiger partial charge in [-0.25, -0.2) is 13.6 Å². The van der Waals surface area contributed by atoms with Crippen molar-refractivity contribution in [3.8, 4) is 5.75 Å². The number of alkyl halides is 2. The third-order valence-electron chi connectivity index (χ3n) is 1.67. The zero-order valence-corrected chi connectivity index (χ0v) is 9.96. The Morgan fingerprint density at radius 3 is 2.69 bits per heavy atom. The van der Waals surface area contributed by atoms with Crippen LogP contribution in [-0.4, -0.2) is 26.1 Å². The smallest absolute Gasteiger partial charge is 0.338 e. The van der Waals surface area contributed by atoms with Crippen LogP contribution in [-0.2, 0) is 4.74 Å². The first-order valence-electron chi connectivity index (χ1n) is 4.33. The summed E-state index contributed by atoms with van der Waals surface area (Å²) in [6, 6.07) is 4.36. The average Bonchev–Trinajstić information content (AvgIpc) is 2.24. The molecule has 1 aromatic rings. The summed E-state index contributed by atoms with van der Waals surface area (Å²) < 4.78 is 33.7. The van der Waals surface area contributed by atoms with Gasteiger partial charge < -0.3 is 9.47 Å². The van der Waals surface area contributed by atoms with Crippen LogP contribution < -0.4 is 4.74 Å². The number of carbonyl (C=O) groups is 1. The molecule has 0 aliphatic carbocycles. The van der Waals surface area contributed by atoms with Gasteiger partial charge in [-0.05, 0) is 18.2 Å². The molecule has 1 rings (SSSR count). The van der Waals surface area contributed by atoms with E-state index in [0.717, 1.165) is 0 Å². The molecule has 0 heterocycles. The number of halogens is 3. The predicted octanol–water partition coefficient (Wildman–Crippen LogP) is 2.88. The van der Waals surface area contributed by atoms with Gasteiger partial charge in [0.2, 0.25) is 0 Å². The number of rotatable bonds is 4. The molecule has 0 aliphatic rings. The van der Waals surface area contributed by atoms with E-state index in [1.165, 1.54) is 25.3 Å². The van der Waals surface area contributed by atoms with Crippen molar-refractivity contribution in [1.82, 2.24) is 0 Å². The molecule has 6 heteroatoms. The van der Waals surface area contributed by atoms with E-state index in [2.05, 4.69) is 20.7 Å². The van der Waals surface area contributed by atoms with Crippen LogP contribution in [0.2, 0.25) is 0 Å². The quantitative estimate of drug-likeness (QED) is 0.801. The molecule has 0 radical (unpaired) electrons. The number of ether oxygens (including phenoxy) is 2. The van der Waals surface area contributed by atoms with Gasteiger partial charge in [0, 0.05) is 4.47 Å². The van der Waals surface area contributed by atoms with Crippen molar-refractivity contribution in [2.45, 2.75) is 6.43 Å². The lowest BCUT2D eigenvalue weighted by molar-refractivity contribution is 0.0599. The highest BCUT2D eigenvalue weighted by Gasteiger charge is 2.10. The molecule has 0 atom stereocenters. The third kappa shape index (κ3) is 3.77. The minimum absolute atomic E-state index is 0.190. The standard InChI is InChI=1S/C10H9BrF2O3/c1-15-10(14)6-2-7(11)4-8(3-6)16-5-9(12)13/h2-4,9H,5H2,1H3. The fraction of sp³-hybridized carbons (Fsp3) is 0.300. The van der Waals surface area contributed by atoms with Crippen LogP contribution in [0.15, 0.2) is 22.7 Å². The number of hydrogen-bond acceptors (Lipinski definition) is 3. The number of esters is 1. The Hall–Kier alpha value is -1.17. The van der Waals surface area contributed by atoms with E-state index < -0.39 is 19.0 Å². The van der Waals surface area contributed by atoms with Gasteiger partial charge >= 0.3 is 5.97 Å². The maximum atomic E-state index is 11.9. The van der Waals surface area contributed by atoms with E-state index >= 15 is 0 Å². The Bertz CT molecular complexity index is 382. The second-order valence-corrected chi connectivity index (χ2v) is 3.78. The van der Waals surface area contributed by atoms with Crippen molar-refractivity contribution in [2.24, 2.45) is 0 Å². The SMILES string of the molecule is COC(=O)c1cc(Br)cc(OCC(F)F)c1. The van der Waals surface area contributed by atoms with Crippen LogP contribution in [0.5, 0.6) is 5.75 Å². The molecule has 0 saturated heterocycles. The fourth-order valence-electron chi connectivity index (χ4n) is 1.04. The monoisotopic (exact) mass is 294 g/mol. The molecule has 0 N–H and O–H groups in total.